The molecular weight excluding hydrogens is 565 g/mol. The molecule has 0 unspecified atom stereocenters. The zero-order valence-corrected chi connectivity index (χ0v) is 26.1. The summed E-state index contributed by atoms with van der Waals surface area (Å²) in [6, 6.07) is 7.69. The van der Waals surface area contributed by atoms with Gasteiger partial charge >= 0.3 is 0 Å². The lowest BCUT2D eigenvalue weighted by atomic mass is 9.85. The first-order chi connectivity index (χ1) is 20.7. The number of hydrogen-bond donors (Lipinski definition) is 3. The third-order valence-corrected chi connectivity index (χ3v) is 9.73. The summed E-state index contributed by atoms with van der Waals surface area (Å²) in [7, 11) is 2.12. The summed E-state index contributed by atoms with van der Waals surface area (Å²) in [5.41, 5.74) is 3.26. The second-order valence-corrected chi connectivity index (χ2v) is 13.3. The third kappa shape index (κ3) is 7.56. The van der Waals surface area contributed by atoms with E-state index in [9.17, 15) is 9.59 Å². The molecule has 0 atom stereocenters. The SMILES string of the molecule is C=CC(=O)NC1CCC(C(=O)Nc2cccc(CNc3c(F)c(SC4CCN(C)CC4)nc4c(C(C)C)cnn34)c2)CC1. The van der Waals surface area contributed by atoms with Crippen molar-refractivity contribution in [3.8, 4) is 0 Å². The van der Waals surface area contributed by atoms with Crippen molar-refractivity contribution in [2.45, 2.75) is 81.2 Å². The molecular formula is C32H42FN7O2S. The number of rotatable bonds is 10. The van der Waals surface area contributed by atoms with Gasteiger partial charge in [0.15, 0.2) is 17.3 Å². The van der Waals surface area contributed by atoms with Gasteiger partial charge in [-0.1, -0.05) is 44.3 Å². The Morgan fingerprint density at radius 2 is 1.91 bits per heavy atom. The highest BCUT2D eigenvalue weighted by atomic mass is 32.2. The van der Waals surface area contributed by atoms with Crippen LogP contribution >= 0.6 is 11.8 Å². The van der Waals surface area contributed by atoms with Crippen LogP contribution in [0.5, 0.6) is 0 Å². The van der Waals surface area contributed by atoms with Crippen LogP contribution in [0.25, 0.3) is 5.65 Å². The lowest BCUT2D eigenvalue weighted by Crippen LogP contribution is -2.38. The Kier molecular flexibility index (Phi) is 10.0. The molecule has 3 N–H and O–H groups in total. The first-order valence-corrected chi connectivity index (χ1v) is 16.1. The molecule has 43 heavy (non-hydrogen) atoms. The van der Waals surface area contributed by atoms with Gasteiger partial charge in [0.1, 0.15) is 5.03 Å². The number of piperidine rings is 1. The van der Waals surface area contributed by atoms with Gasteiger partial charge in [-0.2, -0.15) is 14.0 Å². The zero-order chi connectivity index (χ0) is 30.5. The van der Waals surface area contributed by atoms with E-state index < -0.39 is 0 Å². The van der Waals surface area contributed by atoms with Crippen LogP contribution in [0, 0.1) is 11.7 Å². The second-order valence-electron chi connectivity index (χ2n) is 12.0. The minimum absolute atomic E-state index is 0.0196. The van der Waals surface area contributed by atoms with Gasteiger partial charge in [0.05, 0.1) is 6.20 Å². The largest absolute Gasteiger partial charge is 0.363 e. The van der Waals surface area contributed by atoms with Crippen LogP contribution in [-0.2, 0) is 16.1 Å². The Bertz CT molecular complexity index is 1460. The number of anilines is 2. The van der Waals surface area contributed by atoms with Crippen LogP contribution < -0.4 is 16.0 Å². The van der Waals surface area contributed by atoms with Crippen molar-refractivity contribution in [3.05, 3.63) is 60.1 Å². The van der Waals surface area contributed by atoms with E-state index in [0.717, 1.165) is 49.9 Å². The number of likely N-dealkylation sites (tertiary alicyclic amines) is 1. The third-order valence-electron chi connectivity index (χ3n) is 8.44. The molecule has 2 fully saturated rings. The maximum absolute atomic E-state index is 16.0. The van der Waals surface area contributed by atoms with Gasteiger partial charge in [0, 0.05) is 35.0 Å². The van der Waals surface area contributed by atoms with Gasteiger partial charge in [-0.3, -0.25) is 9.59 Å². The topological polar surface area (TPSA) is 104 Å². The first kappa shape index (κ1) is 31.0. The van der Waals surface area contributed by atoms with Crippen LogP contribution in [-0.4, -0.2) is 62.7 Å². The summed E-state index contributed by atoms with van der Waals surface area (Å²) in [6.45, 7) is 10.0. The molecule has 1 aromatic carbocycles. The number of halogens is 1. The predicted molar refractivity (Wildman–Crippen MR) is 170 cm³/mol. The summed E-state index contributed by atoms with van der Waals surface area (Å²) in [6.07, 6.45) is 8.00. The molecule has 1 aliphatic carbocycles. The van der Waals surface area contributed by atoms with E-state index in [-0.39, 0.29) is 35.5 Å². The molecule has 2 aliphatic rings. The average molecular weight is 608 g/mol. The summed E-state index contributed by atoms with van der Waals surface area (Å²) in [5, 5.41) is 14.5. The van der Waals surface area contributed by atoms with Crippen molar-refractivity contribution in [2.75, 3.05) is 30.8 Å². The van der Waals surface area contributed by atoms with Crippen molar-refractivity contribution in [1.29, 1.82) is 0 Å². The van der Waals surface area contributed by atoms with Gasteiger partial charge in [0.25, 0.3) is 0 Å². The lowest BCUT2D eigenvalue weighted by Gasteiger charge is -2.28. The van der Waals surface area contributed by atoms with E-state index >= 15 is 4.39 Å². The molecule has 2 aromatic heterocycles. The quantitative estimate of drug-likeness (QED) is 0.204. The molecule has 1 saturated heterocycles. The highest BCUT2D eigenvalue weighted by Crippen LogP contribution is 2.35. The van der Waals surface area contributed by atoms with Gasteiger partial charge < -0.3 is 20.9 Å². The number of hydrogen-bond acceptors (Lipinski definition) is 7. The van der Waals surface area contributed by atoms with E-state index in [1.165, 1.54) is 17.8 Å². The van der Waals surface area contributed by atoms with E-state index in [0.29, 0.717) is 46.8 Å². The Labute approximate surface area is 257 Å². The summed E-state index contributed by atoms with van der Waals surface area (Å²) in [4.78, 5) is 31.7. The number of carbonyl (C=O) groups excluding carboxylic acids is 2. The fraction of sp³-hybridized carbons (Fsp3) is 0.500. The Balaban J connectivity index is 1.27. The molecule has 3 heterocycles. The van der Waals surface area contributed by atoms with Gasteiger partial charge in [-0.15, -0.1) is 0 Å². The van der Waals surface area contributed by atoms with Gasteiger partial charge in [0.2, 0.25) is 11.8 Å². The number of nitrogens with zero attached hydrogens (tertiary/aromatic N) is 4. The smallest absolute Gasteiger partial charge is 0.243 e. The van der Waals surface area contributed by atoms with Crippen molar-refractivity contribution in [1.82, 2.24) is 24.8 Å². The summed E-state index contributed by atoms with van der Waals surface area (Å²) >= 11 is 1.53. The van der Waals surface area contributed by atoms with Crippen molar-refractivity contribution < 1.29 is 14.0 Å². The Hall–Kier alpha value is -3.44. The Morgan fingerprint density at radius 1 is 1.16 bits per heavy atom. The molecule has 3 aromatic rings. The van der Waals surface area contributed by atoms with Crippen LogP contribution in [0.15, 0.2) is 48.1 Å². The van der Waals surface area contributed by atoms with Crippen LogP contribution in [0.2, 0.25) is 0 Å². The molecule has 0 bridgehead atoms. The average Bonchev–Trinajstić information content (AvgIpc) is 3.42. The molecule has 2 amide bonds. The molecule has 9 nitrogen and oxygen atoms in total. The number of aromatic nitrogens is 3. The molecule has 0 spiro atoms. The number of carbonyl (C=O) groups is 2. The van der Waals surface area contributed by atoms with Crippen molar-refractivity contribution in [3.63, 3.8) is 0 Å². The fourth-order valence-electron chi connectivity index (χ4n) is 5.82. The van der Waals surface area contributed by atoms with Gasteiger partial charge in [-0.05, 0) is 88.4 Å². The van der Waals surface area contributed by atoms with Crippen LogP contribution in [0.1, 0.15) is 69.4 Å². The van der Waals surface area contributed by atoms with Crippen molar-refractivity contribution >= 4 is 40.7 Å². The van der Waals surface area contributed by atoms with Crippen LogP contribution in [0.3, 0.4) is 0 Å². The molecule has 0 radical (unpaired) electrons. The minimum atomic E-state index is -0.390. The number of thioether (sulfide) groups is 1. The molecule has 5 rings (SSSR count). The minimum Gasteiger partial charge on any atom is -0.363 e. The second kappa shape index (κ2) is 13.9. The lowest BCUT2D eigenvalue weighted by molar-refractivity contribution is -0.121. The highest BCUT2D eigenvalue weighted by molar-refractivity contribution is 7.99. The highest BCUT2D eigenvalue weighted by Gasteiger charge is 2.27. The Morgan fingerprint density at radius 3 is 2.60 bits per heavy atom. The zero-order valence-electron chi connectivity index (χ0n) is 25.2. The van der Waals surface area contributed by atoms with Crippen molar-refractivity contribution in [2.24, 2.45) is 5.92 Å². The van der Waals surface area contributed by atoms with E-state index in [1.807, 2.05) is 24.3 Å². The summed E-state index contributed by atoms with van der Waals surface area (Å²) in [5.74, 6) is -0.194. The van der Waals surface area contributed by atoms with E-state index in [1.54, 1.807) is 10.7 Å². The fourth-order valence-corrected chi connectivity index (χ4v) is 6.92. The normalized spacial score (nSPS) is 19.8. The molecule has 1 aliphatic heterocycles. The van der Waals surface area contributed by atoms with E-state index in [4.69, 9.17) is 4.98 Å². The standard InChI is InChI=1S/C32H42FN7O2S/c1-5-27(41)36-23-11-9-22(10-12-23)31(42)37-24-8-6-7-21(17-24)18-34-30-28(33)32(43-25-13-15-39(4)16-14-25)38-29-26(20(2)3)19-35-40(29)30/h5-8,17,19-20,22-23,25,34H,1,9-16,18H2,2-4H3,(H,36,41)(H,37,42). The van der Waals surface area contributed by atoms with Crippen LogP contribution in [0.4, 0.5) is 15.9 Å². The maximum Gasteiger partial charge on any atom is 0.243 e. The molecule has 11 heteroatoms. The number of amides is 2. The van der Waals surface area contributed by atoms with E-state index in [2.05, 4.69) is 53.4 Å². The summed E-state index contributed by atoms with van der Waals surface area (Å²) < 4.78 is 17.6. The maximum atomic E-state index is 16.0. The number of fused-ring (bicyclic) bond motifs is 1. The first-order valence-electron chi connectivity index (χ1n) is 15.2. The molecule has 230 valence electrons. The number of benzene rings is 1. The number of nitrogens with one attached hydrogen (secondary N) is 3. The monoisotopic (exact) mass is 607 g/mol. The molecule has 1 saturated carbocycles. The van der Waals surface area contributed by atoms with Gasteiger partial charge in [-0.25, -0.2) is 4.98 Å². The predicted octanol–water partition coefficient (Wildman–Crippen LogP) is 5.59.